The van der Waals surface area contributed by atoms with Crippen molar-refractivity contribution in [1.29, 1.82) is 0 Å². The maximum atomic E-state index is 12.4. The summed E-state index contributed by atoms with van der Waals surface area (Å²) in [6.07, 6.45) is 0. The predicted molar refractivity (Wildman–Crippen MR) is 110 cm³/mol. The van der Waals surface area contributed by atoms with Crippen LogP contribution in [0.5, 0.6) is 0 Å². The highest BCUT2D eigenvalue weighted by atomic mass is 32.1. The van der Waals surface area contributed by atoms with Gasteiger partial charge in [0, 0.05) is 17.3 Å². The molecule has 0 atom stereocenters. The van der Waals surface area contributed by atoms with Crippen LogP contribution in [0.3, 0.4) is 0 Å². The second-order valence-corrected chi connectivity index (χ2v) is 7.08. The van der Waals surface area contributed by atoms with Gasteiger partial charge in [-0.3, -0.25) is 4.79 Å². The van der Waals surface area contributed by atoms with E-state index < -0.39 is 5.97 Å². The van der Waals surface area contributed by atoms with Gasteiger partial charge in [0.1, 0.15) is 12.3 Å². The van der Waals surface area contributed by atoms with Crippen LogP contribution >= 0.6 is 11.3 Å². The minimum atomic E-state index is -0.513. The largest absolute Gasteiger partial charge is 0.455 e. The Morgan fingerprint density at radius 3 is 2.66 bits per heavy atom. The molecule has 0 saturated heterocycles. The number of anilines is 1. The topological polar surface area (TPSA) is 81.4 Å². The Labute approximate surface area is 170 Å². The number of hydrogen-bond donors (Lipinski definition) is 1. The summed E-state index contributed by atoms with van der Waals surface area (Å²) in [4.78, 5) is 25.1. The van der Waals surface area contributed by atoms with Crippen LogP contribution in [0.2, 0.25) is 0 Å². The summed E-state index contributed by atoms with van der Waals surface area (Å²) in [6, 6.07) is 21.4. The average molecular weight is 404 g/mol. The lowest BCUT2D eigenvalue weighted by molar-refractivity contribution is 0.0464. The molecule has 0 aliphatic carbocycles. The van der Waals surface area contributed by atoms with Crippen molar-refractivity contribution in [2.75, 3.05) is 5.32 Å². The summed E-state index contributed by atoms with van der Waals surface area (Å²) < 4.78 is 10.6. The van der Waals surface area contributed by atoms with Crippen LogP contribution in [0.1, 0.15) is 25.7 Å². The third-order valence-corrected chi connectivity index (χ3v) is 4.94. The van der Waals surface area contributed by atoms with Crippen molar-refractivity contribution in [2.24, 2.45) is 0 Å². The third kappa shape index (κ3) is 4.59. The Hall–Kier alpha value is -3.71. The predicted octanol–water partition coefficient (Wildman–Crippen LogP) is 5.01. The van der Waals surface area contributed by atoms with Crippen molar-refractivity contribution >= 4 is 28.9 Å². The molecule has 2 aromatic heterocycles. The molecule has 7 heteroatoms. The van der Waals surface area contributed by atoms with Gasteiger partial charge < -0.3 is 14.6 Å². The van der Waals surface area contributed by atoms with Crippen LogP contribution in [-0.4, -0.2) is 17.0 Å². The van der Waals surface area contributed by atoms with Crippen molar-refractivity contribution < 1.29 is 18.8 Å². The summed E-state index contributed by atoms with van der Waals surface area (Å²) in [5.74, 6) is -0.127. The van der Waals surface area contributed by atoms with Crippen LogP contribution in [-0.2, 0) is 11.3 Å². The molecule has 4 aromatic rings. The lowest BCUT2D eigenvalue weighted by atomic mass is 10.2. The van der Waals surface area contributed by atoms with Crippen molar-refractivity contribution in [1.82, 2.24) is 5.16 Å². The van der Waals surface area contributed by atoms with E-state index in [4.69, 9.17) is 9.26 Å². The molecular weight excluding hydrogens is 388 g/mol. The van der Waals surface area contributed by atoms with E-state index >= 15 is 0 Å². The van der Waals surface area contributed by atoms with Gasteiger partial charge in [0.25, 0.3) is 5.91 Å². The summed E-state index contributed by atoms with van der Waals surface area (Å²) >= 11 is 1.35. The third-order valence-electron chi connectivity index (χ3n) is 4.07. The van der Waals surface area contributed by atoms with Crippen molar-refractivity contribution in [3.63, 3.8) is 0 Å². The Bertz CT molecular complexity index is 1120. The lowest BCUT2D eigenvalue weighted by Gasteiger charge is -2.06. The molecule has 29 heavy (non-hydrogen) atoms. The van der Waals surface area contributed by atoms with Gasteiger partial charge in [0.2, 0.25) is 0 Å². The highest BCUT2D eigenvalue weighted by molar-refractivity contribution is 7.12. The summed E-state index contributed by atoms with van der Waals surface area (Å²) in [6.45, 7) is -0.0129. The highest BCUT2D eigenvalue weighted by Crippen LogP contribution is 2.20. The number of esters is 1. The van der Waals surface area contributed by atoms with E-state index in [-0.39, 0.29) is 12.5 Å². The molecule has 0 spiro atoms. The molecule has 144 valence electrons. The molecule has 0 fully saturated rings. The first-order valence-electron chi connectivity index (χ1n) is 8.82. The number of rotatable bonds is 6. The minimum Gasteiger partial charge on any atom is -0.455 e. The van der Waals surface area contributed by atoms with E-state index in [1.807, 2.05) is 35.7 Å². The van der Waals surface area contributed by atoms with Gasteiger partial charge in [-0.25, -0.2) is 4.79 Å². The van der Waals surface area contributed by atoms with Crippen molar-refractivity contribution in [3.05, 3.63) is 94.3 Å². The number of ether oxygens (including phenoxy) is 1. The molecule has 0 saturated carbocycles. The average Bonchev–Trinajstić information content (AvgIpc) is 3.45. The van der Waals surface area contributed by atoms with Gasteiger partial charge in [-0.05, 0) is 29.6 Å². The number of benzene rings is 2. The molecule has 4 rings (SSSR count). The fourth-order valence-corrected chi connectivity index (χ4v) is 3.28. The fourth-order valence-electron chi connectivity index (χ4n) is 2.67. The molecule has 0 unspecified atom stereocenters. The first kappa shape index (κ1) is 18.6. The monoisotopic (exact) mass is 404 g/mol. The van der Waals surface area contributed by atoms with Crippen LogP contribution in [0, 0.1) is 0 Å². The summed E-state index contributed by atoms with van der Waals surface area (Å²) in [5.41, 5.74) is 2.26. The van der Waals surface area contributed by atoms with Gasteiger partial charge >= 0.3 is 5.97 Å². The molecule has 1 amide bonds. The molecule has 0 aliphatic heterocycles. The minimum absolute atomic E-state index is 0.0129. The van der Waals surface area contributed by atoms with Crippen LogP contribution in [0.25, 0.3) is 11.3 Å². The van der Waals surface area contributed by atoms with Gasteiger partial charge in [0.05, 0.1) is 10.4 Å². The number of nitrogens with one attached hydrogen (secondary N) is 1. The fraction of sp³-hybridized carbons (Fsp3) is 0.0455. The van der Waals surface area contributed by atoms with E-state index in [1.165, 1.54) is 11.3 Å². The van der Waals surface area contributed by atoms with Crippen LogP contribution in [0.15, 0.2) is 82.7 Å². The number of thiophene rings is 1. The molecule has 6 nitrogen and oxygen atoms in total. The molecule has 0 radical (unpaired) electrons. The molecule has 2 aromatic carbocycles. The van der Waals surface area contributed by atoms with Gasteiger partial charge in [-0.1, -0.05) is 47.6 Å². The van der Waals surface area contributed by atoms with Crippen molar-refractivity contribution in [2.45, 2.75) is 6.61 Å². The van der Waals surface area contributed by atoms with Gasteiger partial charge in [0.15, 0.2) is 5.76 Å². The zero-order valence-electron chi connectivity index (χ0n) is 15.2. The lowest BCUT2D eigenvalue weighted by Crippen LogP contribution is -2.11. The number of carbonyl (C=O) groups excluding carboxylic acids is 2. The van der Waals surface area contributed by atoms with E-state index in [0.29, 0.717) is 27.6 Å². The first-order chi connectivity index (χ1) is 14.2. The van der Waals surface area contributed by atoms with Gasteiger partial charge in [-0.15, -0.1) is 11.3 Å². The number of hydrogen-bond acceptors (Lipinski definition) is 6. The van der Waals surface area contributed by atoms with E-state index in [2.05, 4.69) is 10.5 Å². The molecule has 0 bridgehead atoms. The maximum absolute atomic E-state index is 12.4. The number of nitrogens with zero attached hydrogens (tertiary/aromatic N) is 1. The maximum Gasteiger partial charge on any atom is 0.338 e. The Balaban J connectivity index is 1.38. The molecule has 2 heterocycles. The smallest absolute Gasteiger partial charge is 0.338 e. The normalized spacial score (nSPS) is 10.5. The first-order valence-corrected chi connectivity index (χ1v) is 9.70. The number of carbonyl (C=O) groups is 2. The van der Waals surface area contributed by atoms with Gasteiger partial charge in [-0.2, -0.15) is 0 Å². The number of aromatic nitrogens is 1. The quantitative estimate of drug-likeness (QED) is 0.457. The van der Waals surface area contributed by atoms with E-state index in [0.717, 1.165) is 5.56 Å². The Morgan fingerprint density at radius 1 is 1.00 bits per heavy atom. The Kier molecular flexibility index (Phi) is 5.49. The Morgan fingerprint density at radius 2 is 1.86 bits per heavy atom. The summed E-state index contributed by atoms with van der Waals surface area (Å²) in [7, 11) is 0. The number of amides is 1. The molecule has 0 aliphatic rings. The van der Waals surface area contributed by atoms with Crippen LogP contribution < -0.4 is 5.32 Å². The SMILES string of the molecule is O=C(OCc1cc(-c2ccccc2)on1)c1cccc(NC(=O)c2cccs2)c1. The molecule has 1 N–H and O–H groups in total. The second-order valence-electron chi connectivity index (χ2n) is 6.14. The van der Waals surface area contributed by atoms with E-state index in [1.54, 1.807) is 42.5 Å². The molecular formula is C22H16N2O4S. The van der Waals surface area contributed by atoms with Crippen molar-refractivity contribution in [3.8, 4) is 11.3 Å². The van der Waals surface area contributed by atoms with E-state index in [9.17, 15) is 9.59 Å². The highest BCUT2D eigenvalue weighted by Gasteiger charge is 2.13. The standard InChI is InChI=1S/C22H16N2O4S/c25-21(20-10-5-11-29-20)23-17-9-4-8-16(12-17)22(26)27-14-18-13-19(28-24-18)15-6-2-1-3-7-15/h1-13H,14H2,(H,23,25). The zero-order chi connectivity index (χ0) is 20.1. The zero-order valence-corrected chi connectivity index (χ0v) is 16.0. The second kappa shape index (κ2) is 8.53. The van der Waals surface area contributed by atoms with Crippen LogP contribution in [0.4, 0.5) is 5.69 Å². The summed E-state index contributed by atoms with van der Waals surface area (Å²) in [5, 5.41) is 8.54.